The Morgan fingerprint density at radius 2 is 1.65 bits per heavy atom. The second-order valence-electron chi connectivity index (χ2n) is 4.75. The summed E-state index contributed by atoms with van der Waals surface area (Å²) in [6.07, 6.45) is -0.853. The molecule has 106 valence electrons. The van der Waals surface area contributed by atoms with Crippen LogP contribution in [0.15, 0.2) is 30.3 Å². The van der Waals surface area contributed by atoms with E-state index in [9.17, 15) is 5.11 Å². The maximum absolute atomic E-state index is 10.6. The molecule has 2 rings (SSSR count). The average Bonchev–Trinajstić information content (AvgIpc) is 2.42. The lowest BCUT2D eigenvalue weighted by Crippen LogP contribution is -2.04. The minimum atomic E-state index is -0.853. The Morgan fingerprint density at radius 1 is 1.00 bits per heavy atom. The van der Waals surface area contributed by atoms with Crippen LogP contribution in [0.2, 0.25) is 10.0 Å². The molecule has 1 unspecified atom stereocenters. The van der Waals surface area contributed by atoms with Gasteiger partial charge in [-0.05, 0) is 43.2 Å². The van der Waals surface area contributed by atoms with Crippen molar-refractivity contribution in [3.8, 4) is 5.75 Å². The Balaban J connectivity index is 2.51. The van der Waals surface area contributed by atoms with E-state index in [0.717, 1.165) is 11.1 Å². The molecule has 4 heteroatoms. The van der Waals surface area contributed by atoms with Crippen LogP contribution >= 0.6 is 23.2 Å². The molecule has 1 N–H and O–H groups in total. The summed E-state index contributed by atoms with van der Waals surface area (Å²) in [7, 11) is 1.55. The second kappa shape index (κ2) is 6.04. The van der Waals surface area contributed by atoms with Crippen LogP contribution in [-0.4, -0.2) is 12.2 Å². The number of aliphatic hydroxyl groups is 1. The van der Waals surface area contributed by atoms with Gasteiger partial charge in [-0.1, -0.05) is 35.3 Å². The lowest BCUT2D eigenvalue weighted by molar-refractivity contribution is 0.215. The van der Waals surface area contributed by atoms with E-state index in [4.69, 9.17) is 27.9 Å². The van der Waals surface area contributed by atoms with Crippen molar-refractivity contribution >= 4 is 23.2 Å². The van der Waals surface area contributed by atoms with Crippen LogP contribution in [0.1, 0.15) is 28.4 Å². The first-order valence-corrected chi connectivity index (χ1v) is 6.97. The van der Waals surface area contributed by atoms with Crippen LogP contribution < -0.4 is 4.74 Å². The van der Waals surface area contributed by atoms with Crippen LogP contribution in [0.4, 0.5) is 0 Å². The molecule has 2 nitrogen and oxygen atoms in total. The molecule has 0 aromatic heterocycles. The fourth-order valence-electron chi connectivity index (χ4n) is 2.09. The molecule has 0 saturated carbocycles. The highest BCUT2D eigenvalue weighted by Crippen LogP contribution is 2.36. The van der Waals surface area contributed by atoms with Gasteiger partial charge in [0.1, 0.15) is 11.9 Å². The van der Waals surface area contributed by atoms with Gasteiger partial charge in [-0.3, -0.25) is 0 Å². The SMILES string of the molecule is COc1cc(Cl)ccc1C(O)c1cc(C)c(C)cc1Cl. The molecule has 0 amide bonds. The van der Waals surface area contributed by atoms with Gasteiger partial charge in [0.15, 0.2) is 0 Å². The highest BCUT2D eigenvalue weighted by atomic mass is 35.5. The normalized spacial score (nSPS) is 12.3. The minimum absolute atomic E-state index is 0.539. The summed E-state index contributed by atoms with van der Waals surface area (Å²) < 4.78 is 5.28. The number of hydrogen-bond acceptors (Lipinski definition) is 2. The van der Waals surface area contributed by atoms with Crippen molar-refractivity contribution in [2.45, 2.75) is 20.0 Å². The topological polar surface area (TPSA) is 29.5 Å². The summed E-state index contributed by atoms with van der Waals surface area (Å²) in [5, 5.41) is 11.7. The molecule has 0 saturated heterocycles. The summed E-state index contributed by atoms with van der Waals surface area (Å²) in [6.45, 7) is 3.97. The number of aliphatic hydroxyl groups excluding tert-OH is 1. The summed E-state index contributed by atoms with van der Waals surface area (Å²) in [5.41, 5.74) is 3.47. The predicted molar refractivity (Wildman–Crippen MR) is 83.0 cm³/mol. The summed E-state index contributed by atoms with van der Waals surface area (Å²) in [4.78, 5) is 0. The van der Waals surface area contributed by atoms with E-state index in [1.165, 1.54) is 0 Å². The molecule has 0 fully saturated rings. The van der Waals surface area contributed by atoms with Crippen LogP contribution in [0.5, 0.6) is 5.75 Å². The predicted octanol–water partition coefficient (Wildman–Crippen LogP) is 4.70. The first kappa shape index (κ1) is 15.2. The molecule has 0 bridgehead atoms. The third kappa shape index (κ3) is 2.93. The van der Waals surface area contributed by atoms with Crippen molar-refractivity contribution in [2.75, 3.05) is 7.11 Å². The monoisotopic (exact) mass is 310 g/mol. The molecule has 20 heavy (non-hydrogen) atoms. The van der Waals surface area contributed by atoms with Crippen molar-refractivity contribution < 1.29 is 9.84 Å². The molecule has 0 aliphatic carbocycles. The Kier molecular flexibility index (Phi) is 4.59. The van der Waals surface area contributed by atoms with Crippen molar-refractivity contribution in [1.29, 1.82) is 0 Å². The first-order valence-electron chi connectivity index (χ1n) is 6.22. The van der Waals surface area contributed by atoms with Gasteiger partial charge in [0.05, 0.1) is 7.11 Å². The number of ether oxygens (including phenoxy) is 1. The molecule has 2 aromatic carbocycles. The van der Waals surface area contributed by atoms with Gasteiger partial charge in [-0.15, -0.1) is 0 Å². The van der Waals surface area contributed by atoms with Gasteiger partial charge >= 0.3 is 0 Å². The molecule has 2 aromatic rings. The lowest BCUT2D eigenvalue weighted by Gasteiger charge is -2.18. The third-order valence-electron chi connectivity index (χ3n) is 3.40. The van der Waals surface area contributed by atoms with E-state index in [0.29, 0.717) is 26.9 Å². The smallest absolute Gasteiger partial charge is 0.126 e. The van der Waals surface area contributed by atoms with E-state index >= 15 is 0 Å². The molecule has 0 heterocycles. The highest BCUT2D eigenvalue weighted by molar-refractivity contribution is 6.31. The van der Waals surface area contributed by atoms with Gasteiger partial charge in [-0.25, -0.2) is 0 Å². The van der Waals surface area contributed by atoms with Gasteiger partial charge in [0.2, 0.25) is 0 Å². The number of aryl methyl sites for hydroxylation is 2. The van der Waals surface area contributed by atoms with E-state index in [-0.39, 0.29) is 0 Å². The van der Waals surface area contributed by atoms with Gasteiger partial charge in [0.25, 0.3) is 0 Å². The average molecular weight is 311 g/mol. The Bertz CT molecular complexity index is 639. The zero-order valence-corrected chi connectivity index (χ0v) is 13.1. The van der Waals surface area contributed by atoms with Crippen LogP contribution in [0, 0.1) is 13.8 Å². The zero-order chi connectivity index (χ0) is 14.9. The van der Waals surface area contributed by atoms with Crippen molar-refractivity contribution in [2.24, 2.45) is 0 Å². The van der Waals surface area contributed by atoms with Crippen LogP contribution in [0.3, 0.4) is 0 Å². The Hall–Kier alpha value is -1.22. The molecule has 0 radical (unpaired) electrons. The quantitative estimate of drug-likeness (QED) is 0.890. The molecule has 0 spiro atoms. The van der Waals surface area contributed by atoms with Crippen LogP contribution in [-0.2, 0) is 0 Å². The molecule has 0 aliphatic heterocycles. The Morgan fingerprint density at radius 3 is 2.30 bits per heavy atom. The number of hydrogen-bond donors (Lipinski definition) is 1. The summed E-state index contributed by atoms with van der Waals surface area (Å²) >= 11 is 12.2. The number of halogens is 2. The van der Waals surface area contributed by atoms with Crippen molar-refractivity contribution in [1.82, 2.24) is 0 Å². The summed E-state index contributed by atoms with van der Waals surface area (Å²) in [6, 6.07) is 8.90. The highest BCUT2D eigenvalue weighted by Gasteiger charge is 2.19. The van der Waals surface area contributed by atoms with Crippen molar-refractivity contribution in [3.63, 3.8) is 0 Å². The molecular weight excluding hydrogens is 295 g/mol. The number of methoxy groups -OCH3 is 1. The van der Waals surface area contributed by atoms with Crippen molar-refractivity contribution in [3.05, 3.63) is 62.6 Å². The fourth-order valence-corrected chi connectivity index (χ4v) is 2.57. The molecular formula is C16H16Cl2O2. The van der Waals surface area contributed by atoms with E-state index in [1.807, 2.05) is 26.0 Å². The van der Waals surface area contributed by atoms with Gasteiger partial charge in [-0.2, -0.15) is 0 Å². The van der Waals surface area contributed by atoms with E-state index < -0.39 is 6.10 Å². The lowest BCUT2D eigenvalue weighted by atomic mass is 9.97. The second-order valence-corrected chi connectivity index (χ2v) is 5.59. The zero-order valence-electron chi connectivity index (χ0n) is 11.6. The van der Waals surface area contributed by atoms with Gasteiger partial charge in [0, 0.05) is 21.2 Å². The fraction of sp³-hybridized carbons (Fsp3) is 0.250. The maximum Gasteiger partial charge on any atom is 0.126 e. The largest absolute Gasteiger partial charge is 0.496 e. The summed E-state index contributed by atoms with van der Waals surface area (Å²) in [5.74, 6) is 0.541. The maximum atomic E-state index is 10.6. The molecule has 0 aliphatic rings. The third-order valence-corrected chi connectivity index (χ3v) is 3.96. The number of benzene rings is 2. The molecule has 1 atom stereocenters. The van der Waals surface area contributed by atoms with Gasteiger partial charge < -0.3 is 9.84 Å². The van der Waals surface area contributed by atoms with E-state index in [1.54, 1.807) is 25.3 Å². The number of rotatable bonds is 3. The Labute approximate surface area is 128 Å². The standard InChI is InChI=1S/C16H16Cl2O2/c1-9-6-13(14(18)7-10(9)2)16(19)12-5-4-11(17)8-15(12)20-3/h4-8,16,19H,1-3H3. The van der Waals surface area contributed by atoms with E-state index in [2.05, 4.69) is 0 Å². The first-order chi connectivity index (χ1) is 9.43. The van der Waals surface area contributed by atoms with Crippen LogP contribution in [0.25, 0.3) is 0 Å². The minimum Gasteiger partial charge on any atom is -0.496 e.